The van der Waals surface area contributed by atoms with Crippen LogP contribution in [0.1, 0.15) is 41.7 Å². The number of rotatable bonds is 7. The molecule has 0 spiro atoms. The average molecular weight is 379 g/mol. The number of nitrogens with zero attached hydrogens (tertiary/aromatic N) is 3. The third kappa shape index (κ3) is 4.02. The SMILES string of the molecule is COc1ccc(OC)c(C2CCCN2Cc2nc(Cc3ccccc3)no2)c1. The lowest BCUT2D eigenvalue weighted by atomic mass is 10.0. The Hall–Kier alpha value is -2.86. The quantitative estimate of drug-likeness (QED) is 0.618. The molecule has 0 bridgehead atoms. The third-order valence-corrected chi connectivity index (χ3v) is 5.21. The summed E-state index contributed by atoms with van der Waals surface area (Å²) in [7, 11) is 3.39. The average Bonchev–Trinajstić information content (AvgIpc) is 3.38. The van der Waals surface area contributed by atoms with E-state index in [9.17, 15) is 0 Å². The van der Waals surface area contributed by atoms with Crippen molar-refractivity contribution in [1.29, 1.82) is 0 Å². The fourth-order valence-corrected chi connectivity index (χ4v) is 3.85. The van der Waals surface area contributed by atoms with Crippen LogP contribution in [0.15, 0.2) is 53.1 Å². The van der Waals surface area contributed by atoms with E-state index in [4.69, 9.17) is 14.0 Å². The Morgan fingerprint density at radius 3 is 2.75 bits per heavy atom. The summed E-state index contributed by atoms with van der Waals surface area (Å²) in [6, 6.07) is 16.4. The number of hydrogen-bond acceptors (Lipinski definition) is 6. The standard InChI is InChI=1S/C22H25N3O3/c1-26-17-10-11-20(27-2)18(14-17)19-9-6-12-25(19)15-22-23-21(24-28-22)13-16-7-4-3-5-8-16/h3-5,7-8,10-11,14,19H,6,9,12-13,15H2,1-2H3. The highest BCUT2D eigenvalue weighted by atomic mass is 16.5. The van der Waals surface area contributed by atoms with Crippen molar-refractivity contribution < 1.29 is 14.0 Å². The van der Waals surface area contributed by atoms with Gasteiger partial charge in [0.1, 0.15) is 11.5 Å². The van der Waals surface area contributed by atoms with Crippen molar-refractivity contribution in [3.05, 3.63) is 71.4 Å². The fraction of sp³-hybridized carbons (Fsp3) is 0.364. The predicted molar refractivity (Wildman–Crippen MR) is 105 cm³/mol. The molecule has 1 atom stereocenters. The number of methoxy groups -OCH3 is 2. The Morgan fingerprint density at radius 1 is 1.11 bits per heavy atom. The summed E-state index contributed by atoms with van der Waals surface area (Å²) in [6.07, 6.45) is 2.86. The van der Waals surface area contributed by atoms with Gasteiger partial charge in [0, 0.05) is 18.0 Å². The minimum absolute atomic E-state index is 0.245. The van der Waals surface area contributed by atoms with E-state index in [1.807, 2.05) is 30.3 Å². The van der Waals surface area contributed by atoms with Gasteiger partial charge in [0.2, 0.25) is 5.89 Å². The van der Waals surface area contributed by atoms with Crippen molar-refractivity contribution in [2.45, 2.75) is 31.8 Å². The maximum absolute atomic E-state index is 5.59. The van der Waals surface area contributed by atoms with Gasteiger partial charge in [0.15, 0.2) is 5.82 Å². The molecule has 28 heavy (non-hydrogen) atoms. The van der Waals surface area contributed by atoms with Crippen molar-refractivity contribution in [1.82, 2.24) is 15.0 Å². The summed E-state index contributed by atoms with van der Waals surface area (Å²) in [4.78, 5) is 6.97. The zero-order valence-electron chi connectivity index (χ0n) is 16.3. The molecule has 1 aliphatic rings. The van der Waals surface area contributed by atoms with Crippen LogP contribution in [0.2, 0.25) is 0 Å². The summed E-state index contributed by atoms with van der Waals surface area (Å²) in [5.74, 6) is 3.09. The lowest BCUT2D eigenvalue weighted by Gasteiger charge is -2.25. The first-order valence-corrected chi connectivity index (χ1v) is 9.58. The summed E-state index contributed by atoms with van der Waals surface area (Å²) in [6.45, 7) is 1.62. The van der Waals surface area contributed by atoms with Gasteiger partial charge in [0.05, 0.1) is 20.8 Å². The van der Waals surface area contributed by atoms with E-state index < -0.39 is 0 Å². The molecule has 1 aliphatic heterocycles. The molecule has 6 heteroatoms. The highest BCUT2D eigenvalue weighted by Gasteiger charge is 2.30. The molecule has 0 amide bonds. The highest BCUT2D eigenvalue weighted by Crippen LogP contribution is 2.39. The first-order valence-electron chi connectivity index (χ1n) is 9.58. The van der Waals surface area contributed by atoms with Crippen molar-refractivity contribution in [3.63, 3.8) is 0 Å². The number of aromatic nitrogens is 2. The molecule has 2 aromatic carbocycles. The van der Waals surface area contributed by atoms with Gasteiger partial charge in [-0.1, -0.05) is 35.5 Å². The molecule has 4 rings (SSSR count). The van der Waals surface area contributed by atoms with Crippen molar-refractivity contribution in [3.8, 4) is 11.5 Å². The second-order valence-electron chi connectivity index (χ2n) is 7.00. The van der Waals surface area contributed by atoms with E-state index in [1.54, 1.807) is 14.2 Å². The molecule has 0 radical (unpaired) electrons. The lowest BCUT2D eigenvalue weighted by Crippen LogP contribution is -2.23. The third-order valence-electron chi connectivity index (χ3n) is 5.21. The van der Waals surface area contributed by atoms with Crippen LogP contribution in [0.3, 0.4) is 0 Å². The maximum atomic E-state index is 5.59. The van der Waals surface area contributed by atoms with Crippen molar-refractivity contribution in [2.75, 3.05) is 20.8 Å². The number of ether oxygens (including phenoxy) is 2. The Bertz CT molecular complexity index is 910. The molecule has 0 N–H and O–H groups in total. The number of likely N-dealkylation sites (tertiary alicyclic amines) is 1. The Morgan fingerprint density at radius 2 is 1.96 bits per heavy atom. The first kappa shape index (κ1) is 18.5. The van der Waals surface area contributed by atoms with Gasteiger partial charge < -0.3 is 14.0 Å². The van der Waals surface area contributed by atoms with Gasteiger partial charge in [-0.3, -0.25) is 4.90 Å². The van der Waals surface area contributed by atoms with Gasteiger partial charge >= 0.3 is 0 Å². The summed E-state index contributed by atoms with van der Waals surface area (Å²) in [5, 5.41) is 4.15. The molecule has 0 aliphatic carbocycles. The van der Waals surface area contributed by atoms with Gasteiger partial charge in [-0.15, -0.1) is 0 Å². The smallest absolute Gasteiger partial charge is 0.240 e. The van der Waals surface area contributed by atoms with Crippen LogP contribution in [0.25, 0.3) is 0 Å². The van der Waals surface area contributed by atoms with E-state index in [-0.39, 0.29) is 6.04 Å². The van der Waals surface area contributed by atoms with Gasteiger partial charge in [0.25, 0.3) is 0 Å². The van der Waals surface area contributed by atoms with Gasteiger partial charge in [-0.05, 0) is 43.1 Å². The van der Waals surface area contributed by atoms with E-state index in [0.717, 1.165) is 42.3 Å². The van der Waals surface area contributed by atoms with Gasteiger partial charge in [-0.25, -0.2) is 0 Å². The zero-order valence-corrected chi connectivity index (χ0v) is 16.3. The first-order chi connectivity index (χ1) is 13.8. The molecule has 3 aromatic rings. The second kappa shape index (κ2) is 8.44. The minimum Gasteiger partial charge on any atom is -0.497 e. The highest BCUT2D eigenvalue weighted by molar-refractivity contribution is 5.42. The summed E-state index contributed by atoms with van der Waals surface area (Å²) < 4.78 is 16.5. The van der Waals surface area contributed by atoms with E-state index in [0.29, 0.717) is 18.9 Å². The molecule has 2 heterocycles. The van der Waals surface area contributed by atoms with Crippen molar-refractivity contribution in [2.24, 2.45) is 0 Å². The normalized spacial score (nSPS) is 17.0. The topological polar surface area (TPSA) is 60.6 Å². The number of benzene rings is 2. The maximum Gasteiger partial charge on any atom is 0.240 e. The second-order valence-corrected chi connectivity index (χ2v) is 7.00. The molecule has 1 saturated heterocycles. The molecule has 1 fully saturated rings. The summed E-state index contributed by atoms with van der Waals surface area (Å²) in [5.41, 5.74) is 2.32. The van der Waals surface area contributed by atoms with Crippen LogP contribution >= 0.6 is 0 Å². The van der Waals surface area contributed by atoms with E-state index >= 15 is 0 Å². The van der Waals surface area contributed by atoms with Crippen LogP contribution in [0, 0.1) is 0 Å². The molecular weight excluding hydrogens is 354 g/mol. The fourth-order valence-electron chi connectivity index (χ4n) is 3.85. The van der Waals surface area contributed by atoms with Crippen LogP contribution in [-0.2, 0) is 13.0 Å². The van der Waals surface area contributed by atoms with Crippen molar-refractivity contribution >= 4 is 0 Å². The Labute approximate surface area is 165 Å². The van der Waals surface area contributed by atoms with Crippen LogP contribution in [0.5, 0.6) is 11.5 Å². The molecule has 1 aromatic heterocycles. The van der Waals surface area contributed by atoms with Crippen LogP contribution in [0.4, 0.5) is 0 Å². The molecule has 146 valence electrons. The number of hydrogen-bond donors (Lipinski definition) is 0. The molecule has 1 unspecified atom stereocenters. The zero-order chi connectivity index (χ0) is 19.3. The monoisotopic (exact) mass is 379 g/mol. The molecule has 0 saturated carbocycles. The predicted octanol–water partition coefficient (Wildman–Crippen LogP) is 4.01. The molecular formula is C22H25N3O3. The van der Waals surface area contributed by atoms with Crippen LogP contribution < -0.4 is 9.47 Å². The summed E-state index contributed by atoms with van der Waals surface area (Å²) >= 11 is 0. The van der Waals surface area contributed by atoms with E-state index in [1.165, 1.54) is 5.56 Å². The van der Waals surface area contributed by atoms with E-state index in [2.05, 4.69) is 33.2 Å². The molecule has 6 nitrogen and oxygen atoms in total. The Balaban J connectivity index is 1.49. The largest absolute Gasteiger partial charge is 0.497 e. The Kier molecular flexibility index (Phi) is 5.58. The van der Waals surface area contributed by atoms with Crippen LogP contribution in [-0.4, -0.2) is 35.8 Å². The minimum atomic E-state index is 0.245. The van der Waals surface area contributed by atoms with Gasteiger partial charge in [-0.2, -0.15) is 4.98 Å². The lowest BCUT2D eigenvalue weighted by molar-refractivity contribution is 0.208.